The molecule has 0 radical (unpaired) electrons. The summed E-state index contributed by atoms with van der Waals surface area (Å²) in [7, 11) is 3.46. The first-order chi connectivity index (χ1) is 40.3. The van der Waals surface area contributed by atoms with Gasteiger partial charge in [0.1, 0.15) is 17.6 Å². The molecule has 1 unspecified atom stereocenters. The van der Waals surface area contributed by atoms with Crippen LogP contribution in [-0.4, -0.2) is 87.5 Å². The number of hydrogen-bond donors (Lipinski definition) is 9. The fourth-order valence-electron chi connectivity index (χ4n) is 5.65. The zero-order chi connectivity index (χ0) is 68.1. The number of amidine groups is 2. The van der Waals surface area contributed by atoms with E-state index in [1.807, 2.05) is 37.3 Å². The normalized spacial score (nSPS) is 9.21. The summed E-state index contributed by atoms with van der Waals surface area (Å²) >= 11 is 0. The van der Waals surface area contributed by atoms with Gasteiger partial charge in [0, 0.05) is 51.1 Å². The number of aromatic hydroxyl groups is 1. The minimum Gasteiger partial charge on any atom is -0.508 e. The van der Waals surface area contributed by atoms with Crippen molar-refractivity contribution in [1.82, 2.24) is 0 Å². The Morgan fingerprint density at radius 3 is 1.35 bits per heavy atom. The third-order valence-electron chi connectivity index (χ3n) is 11.6. The highest BCUT2D eigenvalue weighted by Gasteiger charge is 2.08. The number of guanidine groups is 1. The van der Waals surface area contributed by atoms with Crippen LogP contribution in [0.15, 0.2) is 182 Å². The van der Waals surface area contributed by atoms with Gasteiger partial charge in [-0.15, -0.1) is 0 Å². The molecule has 19 heteroatoms. The molecule has 19 nitrogen and oxygen atoms in total. The topological polar surface area (TPSA) is 381 Å². The van der Waals surface area contributed by atoms with Crippen molar-refractivity contribution in [3.8, 4) is 5.75 Å². The number of fused-ring (bicyclic) bond motifs is 1. The van der Waals surface area contributed by atoms with Gasteiger partial charge in [-0.2, -0.15) is 7.05 Å². The fourth-order valence-corrected chi connectivity index (χ4v) is 5.65. The Bertz CT molecular complexity index is 3120. The number of quaternary nitrogens is 1. The Labute approximate surface area is 543 Å². The number of carbonyl (C=O) groups excluding carboxylic acids is 9. The van der Waals surface area contributed by atoms with Crippen LogP contribution in [0.25, 0.3) is 10.8 Å². The van der Waals surface area contributed by atoms with Gasteiger partial charge in [-0.1, -0.05) is 149 Å². The molecule has 0 aromatic heterocycles. The number of amides is 1. The number of Topliss-reactive ketones (excluding diaryl/α,β-unsaturated/α-hetero) is 7. The van der Waals surface area contributed by atoms with E-state index in [2.05, 4.69) is 82.4 Å². The van der Waals surface area contributed by atoms with Gasteiger partial charge in [0.25, 0.3) is 0 Å². The molecule has 4 aromatic rings. The lowest BCUT2D eigenvalue weighted by molar-refractivity contribution is -0.616. The molecule has 4 rings (SSSR count). The number of rotatable bonds is 25. The van der Waals surface area contributed by atoms with Crippen molar-refractivity contribution >= 4 is 80.6 Å². The van der Waals surface area contributed by atoms with Crippen molar-refractivity contribution in [1.29, 1.82) is 10.8 Å². The predicted octanol–water partition coefficient (Wildman–Crippen LogP) is 10.9. The number of aliphatic imine (C=N–C) groups is 1. The van der Waals surface area contributed by atoms with Crippen molar-refractivity contribution in [2.24, 2.45) is 33.7 Å². The van der Waals surface area contributed by atoms with Crippen LogP contribution in [0.1, 0.15) is 146 Å². The van der Waals surface area contributed by atoms with E-state index in [0.717, 1.165) is 17.5 Å². The van der Waals surface area contributed by atoms with Crippen LogP contribution < -0.4 is 34.0 Å². The smallest absolute Gasteiger partial charge is 0.217 e. The molecule has 15 N–H and O–H groups in total. The average Bonchev–Trinajstić information content (AvgIpc) is 1.16. The lowest BCUT2D eigenvalue weighted by atomic mass is 9.98. The number of carbonyl (C=O) groups is 9. The molecule has 0 saturated heterocycles. The number of ketones is 8. The van der Waals surface area contributed by atoms with E-state index in [4.69, 9.17) is 44.6 Å². The molecular formula is C72H109N9O10. The van der Waals surface area contributed by atoms with Crippen LogP contribution >= 0.6 is 0 Å². The highest BCUT2D eigenvalue weighted by atomic mass is 16.3. The molecule has 0 saturated carbocycles. The molecule has 4 aromatic carbocycles. The van der Waals surface area contributed by atoms with Crippen LogP contribution in [0.3, 0.4) is 0 Å². The zero-order valence-electron chi connectivity index (χ0n) is 52.4. The van der Waals surface area contributed by atoms with E-state index in [1.165, 1.54) is 64.0 Å². The minimum absolute atomic E-state index is 0. The van der Waals surface area contributed by atoms with Gasteiger partial charge < -0.3 is 39.1 Å². The first-order valence-electron chi connectivity index (χ1n) is 27.1. The summed E-state index contributed by atoms with van der Waals surface area (Å²) in [6.45, 7) is 39.2. The van der Waals surface area contributed by atoms with Gasteiger partial charge in [0.2, 0.25) is 5.91 Å². The maximum absolute atomic E-state index is 11.2. The second-order valence-electron chi connectivity index (χ2n) is 19.4. The molecule has 0 aliphatic rings. The molecule has 0 aliphatic heterocycles. The largest absolute Gasteiger partial charge is 0.508 e. The van der Waals surface area contributed by atoms with Crippen molar-refractivity contribution in [3.05, 3.63) is 206 Å². The van der Waals surface area contributed by atoms with Gasteiger partial charge in [-0.3, -0.25) is 59.0 Å². The summed E-state index contributed by atoms with van der Waals surface area (Å²) < 4.78 is 0. The number of nitrogens with zero attached hydrogens (tertiary/aromatic N) is 1. The molecule has 502 valence electrons. The maximum Gasteiger partial charge on any atom is 0.217 e. The lowest BCUT2D eigenvalue weighted by Crippen LogP contribution is -2.84. The molecule has 0 spiro atoms. The van der Waals surface area contributed by atoms with E-state index in [0.29, 0.717) is 77.7 Å². The fraction of sp³-hybridized carbons (Fsp3) is 0.319. The Morgan fingerprint density at radius 2 is 0.978 bits per heavy atom. The van der Waals surface area contributed by atoms with Gasteiger partial charge in [-0.25, -0.2) is 0 Å². The zero-order valence-corrected chi connectivity index (χ0v) is 52.4. The van der Waals surface area contributed by atoms with E-state index in [9.17, 15) is 43.2 Å². The highest BCUT2D eigenvalue weighted by molar-refractivity contribution is 5.99. The monoisotopic (exact) mass is 1260 g/mol. The highest BCUT2D eigenvalue weighted by Crippen LogP contribution is 2.21. The number of benzene rings is 4. The second kappa shape index (κ2) is 55.4. The number of phenols is 1. The number of hydrogen-bond acceptors (Lipinski definition) is 13. The van der Waals surface area contributed by atoms with Crippen LogP contribution in [0.4, 0.5) is 0 Å². The lowest BCUT2D eigenvalue weighted by Gasteiger charge is -2.06. The molecule has 0 bridgehead atoms. The molecule has 1 atom stereocenters. The van der Waals surface area contributed by atoms with E-state index < -0.39 is 5.91 Å². The van der Waals surface area contributed by atoms with Gasteiger partial charge >= 0.3 is 0 Å². The van der Waals surface area contributed by atoms with Crippen molar-refractivity contribution in [2.75, 3.05) is 6.54 Å². The summed E-state index contributed by atoms with van der Waals surface area (Å²) in [6.07, 6.45) is 5.17. The van der Waals surface area contributed by atoms with Crippen molar-refractivity contribution in [3.63, 3.8) is 0 Å². The molecule has 91 heavy (non-hydrogen) atoms. The standard InChI is InChI=1S/C15H14O.C12H14N2O.C11H12O2.C8H15N3O.C7H11NO2.C6H10N2O.C5H11NO.C4H6O.4CH4/c1-11(12(2)16)10-14-8-5-7-13-6-3-4-9-15(13)14;1-8(9(2)15)6-10-4-3-5-11(7-10)12(13)14;1-8(9(2)12)7-10-3-5-11(13)6-4-10;1-6(7(2)12)4-3-5-11-8(9)10;1-5(6(2)9)3-4-7(8)10;1-4(5(2)9)3-6(7)8;1-4(6-3)5(2)7;1-3-4(2)5;;;;/h3-9H,1,10H2,2H3;3-5,7H,1,6H2,2H3,(H3,13,14);3-6,13H,1,7H2,2H3;1,3-5H2,2H3,(H4,9,10,11);1,3-4H2,2H3,(H2,8,10);1,3H2,2H3,(H3,7,8);4H,3,6H2,1-2H3;3H,1H2,2H3;4*1H4. The SMILES string of the molecule is C.C.C.C.C=C(CC(=N)N)C(C)=O.C=C(CCC(N)=O)C(C)=O.C=C(CCCN=C(N)N)C(C)=O.C=C(Cc1ccc(O)cc1)C(C)=O.C=C(Cc1cccc(C(=N)N)c1)C(C)=O.C=C(Cc1cccc2ccccc12)C(C)=O.C=CC(C)=O.[CH2-][NH2+]C(C)C(C)=O. The van der Waals surface area contributed by atoms with Crippen LogP contribution in [0.2, 0.25) is 0 Å². The number of nitrogens with one attached hydrogen (secondary N) is 2. The van der Waals surface area contributed by atoms with Crippen LogP contribution in [-0.2, 0) is 62.4 Å². The van der Waals surface area contributed by atoms with Gasteiger partial charge in [-0.05, 0) is 160 Å². The Hall–Kier alpha value is -9.88. The van der Waals surface area contributed by atoms with Crippen LogP contribution in [0.5, 0.6) is 5.75 Å². The van der Waals surface area contributed by atoms with Crippen molar-refractivity contribution < 1.29 is 53.6 Å². The Morgan fingerprint density at radius 1 is 0.560 bits per heavy atom. The third kappa shape index (κ3) is 54.0. The van der Waals surface area contributed by atoms with E-state index >= 15 is 0 Å². The Balaban J connectivity index is -0.000000146. The number of nitrogen functional groups attached to an aromatic ring is 1. The van der Waals surface area contributed by atoms with Gasteiger partial charge in [0.15, 0.2) is 52.2 Å². The third-order valence-corrected chi connectivity index (χ3v) is 11.6. The maximum atomic E-state index is 11.2. The predicted molar refractivity (Wildman–Crippen MR) is 380 cm³/mol. The number of nitrogens with two attached hydrogens (primary N) is 6. The number of primary amides is 1. The average molecular weight is 1260 g/mol. The summed E-state index contributed by atoms with van der Waals surface area (Å²) in [5, 5.41) is 27.1. The first-order valence-corrected chi connectivity index (χ1v) is 27.1. The molecule has 0 heterocycles. The van der Waals surface area contributed by atoms with Crippen LogP contribution in [0, 0.1) is 17.9 Å². The minimum atomic E-state index is -0.401. The summed E-state index contributed by atoms with van der Waals surface area (Å²) in [4.78, 5) is 98.6. The van der Waals surface area contributed by atoms with Gasteiger partial charge in [0.05, 0.1) is 5.84 Å². The molecule has 0 aliphatic carbocycles. The summed E-state index contributed by atoms with van der Waals surface area (Å²) in [5.74, 6) is 0.0268. The molecular weight excluding hydrogens is 1150 g/mol. The van der Waals surface area contributed by atoms with E-state index in [-0.39, 0.29) is 118 Å². The summed E-state index contributed by atoms with van der Waals surface area (Å²) in [5.41, 5.74) is 32.5. The quantitative estimate of drug-likeness (QED) is 0.00979. The summed E-state index contributed by atoms with van der Waals surface area (Å²) in [6, 6.07) is 28.4. The Kier molecular flexibility index (Phi) is 59.3. The number of phenolic OH excluding ortho intramolecular Hbond substituents is 1. The number of allylic oxidation sites excluding steroid dienone is 6. The molecule has 0 fully saturated rings. The second-order valence-corrected chi connectivity index (χ2v) is 19.4. The molecule has 1 amide bonds. The first kappa shape index (κ1) is 97.4. The van der Waals surface area contributed by atoms with E-state index in [1.54, 1.807) is 55.6 Å². The van der Waals surface area contributed by atoms with Crippen molar-refractivity contribution in [2.45, 2.75) is 149 Å².